The van der Waals surface area contributed by atoms with E-state index in [0.29, 0.717) is 24.9 Å². The first-order chi connectivity index (χ1) is 11.1. The molecule has 0 radical (unpaired) electrons. The van der Waals surface area contributed by atoms with Crippen molar-refractivity contribution in [3.8, 4) is 0 Å². The van der Waals surface area contributed by atoms with Gasteiger partial charge < -0.3 is 10.2 Å². The van der Waals surface area contributed by atoms with Crippen molar-refractivity contribution in [1.29, 1.82) is 0 Å². The van der Waals surface area contributed by atoms with Gasteiger partial charge in [0.1, 0.15) is 0 Å². The monoisotopic (exact) mass is 318 g/mol. The molecule has 0 aromatic rings. The van der Waals surface area contributed by atoms with Gasteiger partial charge in [0.05, 0.1) is 5.92 Å². The third-order valence-corrected chi connectivity index (χ3v) is 7.10. The molecule has 5 atom stereocenters. The van der Waals surface area contributed by atoms with Crippen molar-refractivity contribution in [2.75, 3.05) is 6.54 Å². The molecule has 4 nitrogen and oxygen atoms in total. The molecule has 0 spiro atoms. The van der Waals surface area contributed by atoms with Gasteiger partial charge in [0.15, 0.2) is 0 Å². The Morgan fingerprint density at radius 2 is 1.96 bits per heavy atom. The standard InChI is InChI=1S/C19H30N2O2/c1-12(17-9-13-6-7-14(17)8-13)20-19(23)15-10-18(22)21(11-15)16-4-2-3-5-16/h12-17H,2-11H2,1H3,(H,20,23). The van der Waals surface area contributed by atoms with Gasteiger partial charge in [0, 0.05) is 25.0 Å². The molecule has 3 saturated carbocycles. The van der Waals surface area contributed by atoms with Gasteiger partial charge in [0.2, 0.25) is 11.8 Å². The summed E-state index contributed by atoms with van der Waals surface area (Å²) in [6, 6.07) is 0.678. The Hall–Kier alpha value is -1.06. The van der Waals surface area contributed by atoms with Gasteiger partial charge in [-0.05, 0) is 56.8 Å². The molecule has 4 rings (SSSR count). The van der Waals surface area contributed by atoms with Crippen LogP contribution in [-0.4, -0.2) is 35.3 Å². The van der Waals surface area contributed by atoms with Gasteiger partial charge in [0.25, 0.3) is 0 Å². The van der Waals surface area contributed by atoms with Crippen LogP contribution < -0.4 is 5.32 Å². The highest BCUT2D eigenvalue weighted by Gasteiger charge is 2.43. The molecule has 2 bridgehead atoms. The molecule has 1 heterocycles. The Balaban J connectivity index is 1.31. The summed E-state index contributed by atoms with van der Waals surface area (Å²) >= 11 is 0. The maximum Gasteiger partial charge on any atom is 0.225 e. The fourth-order valence-electron chi connectivity index (χ4n) is 5.83. The lowest BCUT2D eigenvalue weighted by Gasteiger charge is -2.29. The summed E-state index contributed by atoms with van der Waals surface area (Å²) < 4.78 is 0. The van der Waals surface area contributed by atoms with Crippen LogP contribution in [0.4, 0.5) is 0 Å². The van der Waals surface area contributed by atoms with E-state index in [0.717, 1.165) is 24.7 Å². The van der Waals surface area contributed by atoms with E-state index in [1.165, 1.54) is 38.5 Å². The van der Waals surface area contributed by atoms with Gasteiger partial charge in [-0.1, -0.05) is 19.3 Å². The average Bonchev–Trinajstić information content (AvgIpc) is 3.30. The summed E-state index contributed by atoms with van der Waals surface area (Å²) in [5, 5.41) is 3.26. The lowest BCUT2D eigenvalue weighted by molar-refractivity contribution is -0.130. The van der Waals surface area contributed by atoms with Crippen LogP contribution in [0.5, 0.6) is 0 Å². The van der Waals surface area contributed by atoms with E-state index in [-0.39, 0.29) is 23.8 Å². The minimum absolute atomic E-state index is 0.120. The highest BCUT2D eigenvalue weighted by atomic mass is 16.2. The predicted octanol–water partition coefficient (Wildman–Crippen LogP) is 2.72. The average molecular weight is 318 g/mol. The first-order valence-electron chi connectivity index (χ1n) is 9.71. The molecule has 4 heteroatoms. The van der Waals surface area contributed by atoms with Crippen molar-refractivity contribution in [2.45, 2.75) is 76.8 Å². The van der Waals surface area contributed by atoms with Crippen LogP contribution in [0.15, 0.2) is 0 Å². The number of carbonyl (C=O) groups excluding carboxylic acids is 2. The first-order valence-corrected chi connectivity index (χ1v) is 9.71. The molecule has 3 aliphatic carbocycles. The second-order valence-corrected chi connectivity index (χ2v) is 8.52. The van der Waals surface area contributed by atoms with E-state index < -0.39 is 0 Å². The molecule has 2 amide bonds. The summed E-state index contributed by atoms with van der Waals surface area (Å²) in [6.45, 7) is 2.83. The van der Waals surface area contributed by atoms with Crippen molar-refractivity contribution in [3.63, 3.8) is 0 Å². The van der Waals surface area contributed by atoms with Gasteiger partial charge in [-0.2, -0.15) is 0 Å². The molecule has 4 fully saturated rings. The topological polar surface area (TPSA) is 49.4 Å². The highest BCUT2D eigenvalue weighted by molar-refractivity contribution is 5.89. The third-order valence-electron chi connectivity index (χ3n) is 7.10. The summed E-state index contributed by atoms with van der Waals surface area (Å²) in [4.78, 5) is 26.9. The van der Waals surface area contributed by atoms with Crippen molar-refractivity contribution in [3.05, 3.63) is 0 Å². The van der Waals surface area contributed by atoms with Crippen LogP contribution in [0.2, 0.25) is 0 Å². The summed E-state index contributed by atoms with van der Waals surface area (Å²) in [7, 11) is 0. The van der Waals surface area contributed by atoms with Gasteiger partial charge in [-0.25, -0.2) is 0 Å². The van der Waals surface area contributed by atoms with Gasteiger partial charge in [-0.15, -0.1) is 0 Å². The largest absolute Gasteiger partial charge is 0.353 e. The third kappa shape index (κ3) is 2.89. The smallest absolute Gasteiger partial charge is 0.225 e. The molecule has 5 unspecified atom stereocenters. The minimum Gasteiger partial charge on any atom is -0.353 e. The second-order valence-electron chi connectivity index (χ2n) is 8.52. The van der Waals surface area contributed by atoms with Crippen LogP contribution in [0.1, 0.15) is 64.7 Å². The van der Waals surface area contributed by atoms with Crippen molar-refractivity contribution >= 4 is 11.8 Å². The molecule has 1 aliphatic heterocycles. The molecule has 128 valence electrons. The van der Waals surface area contributed by atoms with Crippen molar-refractivity contribution < 1.29 is 9.59 Å². The SMILES string of the molecule is CC(NC(=O)C1CC(=O)N(C2CCCC2)C1)C1CC2CCC1C2. The summed E-state index contributed by atoms with van der Waals surface area (Å²) in [5.74, 6) is 2.61. The van der Waals surface area contributed by atoms with Gasteiger partial charge >= 0.3 is 0 Å². The highest BCUT2D eigenvalue weighted by Crippen LogP contribution is 2.49. The number of fused-ring (bicyclic) bond motifs is 2. The predicted molar refractivity (Wildman–Crippen MR) is 88.6 cm³/mol. The van der Waals surface area contributed by atoms with E-state index in [9.17, 15) is 9.59 Å². The first kappa shape index (κ1) is 15.5. The number of nitrogens with one attached hydrogen (secondary N) is 1. The fourth-order valence-corrected chi connectivity index (χ4v) is 5.83. The van der Waals surface area contributed by atoms with E-state index in [2.05, 4.69) is 12.2 Å². The molecular formula is C19H30N2O2. The Kier molecular flexibility index (Phi) is 4.10. The Bertz CT molecular complexity index is 486. The minimum atomic E-state index is -0.121. The number of nitrogens with zero attached hydrogens (tertiary/aromatic N) is 1. The number of amides is 2. The Labute approximate surface area is 139 Å². The Morgan fingerprint density at radius 3 is 2.61 bits per heavy atom. The maximum absolute atomic E-state index is 12.6. The van der Waals surface area contributed by atoms with E-state index in [4.69, 9.17) is 0 Å². The number of hydrogen-bond donors (Lipinski definition) is 1. The molecular weight excluding hydrogens is 288 g/mol. The number of likely N-dealkylation sites (tertiary alicyclic amines) is 1. The fraction of sp³-hybridized carbons (Fsp3) is 0.895. The van der Waals surface area contributed by atoms with Crippen LogP contribution >= 0.6 is 0 Å². The lowest BCUT2D eigenvalue weighted by atomic mass is 9.84. The van der Waals surface area contributed by atoms with E-state index in [1.807, 2.05) is 4.90 Å². The number of hydrogen-bond acceptors (Lipinski definition) is 2. The zero-order valence-corrected chi connectivity index (χ0v) is 14.3. The quantitative estimate of drug-likeness (QED) is 0.866. The number of carbonyl (C=O) groups is 2. The molecule has 1 N–H and O–H groups in total. The number of rotatable bonds is 4. The van der Waals surface area contributed by atoms with Crippen LogP contribution in [0, 0.1) is 23.7 Å². The van der Waals surface area contributed by atoms with E-state index >= 15 is 0 Å². The summed E-state index contributed by atoms with van der Waals surface area (Å²) in [5.41, 5.74) is 0. The van der Waals surface area contributed by atoms with Gasteiger partial charge in [-0.3, -0.25) is 9.59 Å². The van der Waals surface area contributed by atoms with Crippen molar-refractivity contribution in [2.24, 2.45) is 23.7 Å². The maximum atomic E-state index is 12.6. The molecule has 4 aliphatic rings. The van der Waals surface area contributed by atoms with Crippen molar-refractivity contribution in [1.82, 2.24) is 10.2 Å². The van der Waals surface area contributed by atoms with Crippen LogP contribution in [-0.2, 0) is 9.59 Å². The molecule has 23 heavy (non-hydrogen) atoms. The normalized spacial score (nSPS) is 38.5. The molecule has 0 aromatic carbocycles. The second kappa shape index (κ2) is 6.10. The summed E-state index contributed by atoms with van der Waals surface area (Å²) in [6.07, 6.45) is 10.6. The zero-order chi connectivity index (χ0) is 16.0. The lowest BCUT2D eigenvalue weighted by Crippen LogP contribution is -2.44. The molecule has 0 aromatic heterocycles. The zero-order valence-electron chi connectivity index (χ0n) is 14.3. The van der Waals surface area contributed by atoms with Crippen LogP contribution in [0.25, 0.3) is 0 Å². The van der Waals surface area contributed by atoms with E-state index in [1.54, 1.807) is 0 Å². The Morgan fingerprint density at radius 1 is 1.17 bits per heavy atom. The molecule has 1 saturated heterocycles. The van der Waals surface area contributed by atoms with Crippen LogP contribution in [0.3, 0.4) is 0 Å².